The third kappa shape index (κ3) is 5.42. The van der Waals surface area contributed by atoms with Gasteiger partial charge in [-0.2, -0.15) is 0 Å². The predicted octanol–water partition coefficient (Wildman–Crippen LogP) is 0.340. The number of nitrogens with two attached hydrogens (primary N) is 1. The molecule has 0 aliphatic rings. The summed E-state index contributed by atoms with van der Waals surface area (Å²) in [4.78, 5) is 10.1. The highest BCUT2D eigenvalue weighted by Crippen LogP contribution is 2.03. The van der Waals surface area contributed by atoms with Crippen molar-refractivity contribution >= 4 is 5.97 Å². The summed E-state index contributed by atoms with van der Waals surface area (Å²) in [7, 11) is 1.45. The molecule has 4 nitrogen and oxygen atoms in total. The molecule has 0 saturated heterocycles. The molecule has 4 heteroatoms. The Morgan fingerprint density at radius 1 is 1.73 bits per heavy atom. The second-order valence-electron chi connectivity index (χ2n) is 2.05. The molecule has 0 fully saturated rings. The van der Waals surface area contributed by atoms with Gasteiger partial charge in [0.1, 0.15) is 5.76 Å². The van der Waals surface area contributed by atoms with Crippen molar-refractivity contribution in [2.75, 3.05) is 13.7 Å². The zero-order chi connectivity index (χ0) is 8.69. The van der Waals surface area contributed by atoms with Gasteiger partial charge in [0.2, 0.25) is 0 Å². The molecule has 0 unspecified atom stereocenters. The molecule has 0 aromatic carbocycles. The number of hydrogen-bond donors (Lipinski definition) is 2. The minimum absolute atomic E-state index is 0.461. The second-order valence-corrected chi connectivity index (χ2v) is 2.05. The zero-order valence-corrected chi connectivity index (χ0v) is 6.54. The van der Waals surface area contributed by atoms with Gasteiger partial charge in [-0.1, -0.05) is 0 Å². The minimum Gasteiger partial charge on any atom is -0.501 e. The Bertz CT molecular complexity index is 154. The van der Waals surface area contributed by atoms with E-state index in [9.17, 15) is 4.79 Å². The van der Waals surface area contributed by atoms with E-state index in [1.54, 1.807) is 0 Å². The van der Waals surface area contributed by atoms with Crippen LogP contribution in [-0.4, -0.2) is 24.7 Å². The third-order valence-corrected chi connectivity index (χ3v) is 1.17. The maximum absolute atomic E-state index is 10.1. The van der Waals surface area contributed by atoms with Gasteiger partial charge in [0.15, 0.2) is 0 Å². The second kappa shape index (κ2) is 5.73. The Balaban J connectivity index is 3.84. The lowest BCUT2D eigenvalue weighted by atomic mass is 10.2. The molecular weight excluding hydrogens is 146 g/mol. The fraction of sp³-hybridized carbons (Fsp3) is 0.571. The highest BCUT2D eigenvalue weighted by atomic mass is 16.5. The topological polar surface area (TPSA) is 72.5 Å². The van der Waals surface area contributed by atoms with Gasteiger partial charge in [0.05, 0.1) is 13.2 Å². The summed E-state index contributed by atoms with van der Waals surface area (Å²) in [6.45, 7) is 0.542. The largest absolute Gasteiger partial charge is 0.501 e. The Kier molecular flexibility index (Phi) is 5.20. The summed E-state index contributed by atoms with van der Waals surface area (Å²) < 4.78 is 4.79. The van der Waals surface area contributed by atoms with E-state index >= 15 is 0 Å². The molecule has 64 valence electrons. The van der Waals surface area contributed by atoms with Crippen molar-refractivity contribution in [3.63, 3.8) is 0 Å². The summed E-state index contributed by atoms with van der Waals surface area (Å²) in [5.41, 5.74) is 5.23. The molecule has 0 heterocycles. The Labute approximate surface area is 65.6 Å². The number of allylic oxidation sites excluding steroid dienone is 1. The summed E-state index contributed by atoms with van der Waals surface area (Å²) in [6.07, 6.45) is 2.38. The summed E-state index contributed by atoms with van der Waals surface area (Å²) in [5, 5.41) is 8.33. The van der Waals surface area contributed by atoms with Crippen molar-refractivity contribution in [3.05, 3.63) is 11.8 Å². The maximum atomic E-state index is 10.1. The van der Waals surface area contributed by atoms with Crippen molar-refractivity contribution in [3.8, 4) is 0 Å². The molecule has 0 aromatic heterocycles. The van der Waals surface area contributed by atoms with E-state index in [-0.39, 0.29) is 0 Å². The first-order valence-electron chi connectivity index (χ1n) is 3.38. The van der Waals surface area contributed by atoms with Crippen LogP contribution < -0.4 is 5.73 Å². The number of carboxylic acids is 1. The molecule has 0 aliphatic carbocycles. The Hall–Kier alpha value is -1.03. The Morgan fingerprint density at radius 2 is 2.36 bits per heavy atom. The number of methoxy groups -OCH3 is 1. The quantitative estimate of drug-likeness (QED) is 0.448. The van der Waals surface area contributed by atoms with E-state index < -0.39 is 5.97 Å². The molecule has 0 bridgehead atoms. The SMILES string of the molecule is CO/C(=C\C(=O)O)CCCN. The van der Waals surface area contributed by atoms with Crippen LogP contribution in [0.15, 0.2) is 11.8 Å². The normalized spacial score (nSPS) is 11.3. The number of carbonyl (C=O) groups is 1. The van der Waals surface area contributed by atoms with Crippen molar-refractivity contribution in [2.24, 2.45) is 5.73 Å². The molecule has 0 aromatic rings. The highest BCUT2D eigenvalue weighted by Gasteiger charge is 1.98. The molecule has 0 spiro atoms. The lowest BCUT2D eigenvalue weighted by Gasteiger charge is -2.02. The standard InChI is InChI=1S/C7H13NO3/c1-11-6(3-2-4-8)5-7(9)10/h5H,2-4,8H2,1H3,(H,9,10)/b6-5-. The van der Waals surface area contributed by atoms with Gasteiger partial charge in [0.25, 0.3) is 0 Å². The van der Waals surface area contributed by atoms with E-state index in [0.29, 0.717) is 18.7 Å². The molecule has 0 atom stereocenters. The number of hydrogen-bond acceptors (Lipinski definition) is 3. The van der Waals surface area contributed by atoms with Gasteiger partial charge >= 0.3 is 5.97 Å². The van der Waals surface area contributed by atoms with Gasteiger partial charge < -0.3 is 15.6 Å². The van der Waals surface area contributed by atoms with Crippen molar-refractivity contribution in [1.29, 1.82) is 0 Å². The monoisotopic (exact) mass is 159 g/mol. The number of carboxylic acid groups (broad SMARTS) is 1. The molecule has 0 rings (SSSR count). The van der Waals surface area contributed by atoms with Crippen LogP contribution in [0.3, 0.4) is 0 Å². The molecule has 0 saturated carbocycles. The third-order valence-electron chi connectivity index (χ3n) is 1.17. The van der Waals surface area contributed by atoms with E-state index in [4.69, 9.17) is 15.6 Å². The summed E-state index contributed by atoms with van der Waals surface area (Å²) in [5.74, 6) is -0.526. The van der Waals surface area contributed by atoms with Crippen molar-refractivity contribution < 1.29 is 14.6 Å². The molecule has 3 N–H and O–H groups in total. The van der Waals surface area contributed by atoms with Gasteiger partial charge in [-0.25, -0.2) is 4.79 Å². The van der Waals surface area contributed by atoms with Crippen molar-refractivity contribution in [2.45, 2.75) is 12.8 Å². The molecule has 0 amide bonds. The first-order valence-corrected chi connectivity index (χ1v) is 3.38. The van der Waals surface area contributed by atoms with Crippen LogP contribution in [0.2, 0.25) is 0 Å². The van der Waals surface area contributed by atoms with Crippen LogP contribution in [0.4, 0.5) is 0 Å². The van der Waals surface area contributed by atoms with Crippen LogP contribution in [0, 0.1) is 0 Å². The first-order chi connectivity index (χ1) is 5.20. The lowest BCUT2D eigenvalue weighted by molar-refractivity contribution is -0.131. The van der Waals surface area contributed by atoms with Crippen LogP contribution in [0.5, 0.6) is 0 Å². The van der Waals surface area contributed by atoms with E-state index in [1.165, 1.54) is 7.11 Å². The average molecular weight is 159 g/mol. The summed E-state index contributed by atoms with van der Waals surface area (Å²) >= 11 is 0. The molecule has 0 radical (unpaired) electrons. The lowest BCUT2D eigenvalue weighted by Crippen LogP contribution is -2.01. The predicted molar refractivity (Wildman–Crippen MR) is 41.0 cm³/mol. The summed E-state index contributed by atoms with van der Waals surface area (Å²) in [6, 6.07) is 0. The maximum Gasteiger partial charge on any atom is 0.331 e. The van der Waals surface area contributed by atoms with Crippen molar-refractivity contribution in [1.82, 2.24) is 0 Å². The van der Waals surface area contributed by atoms with Gasteiger partial charge in [0, 0.05) is 6.42 Å². The minimum atomic E-state index is -0.987. The Morgan fingerprint density at radius 3 is 2.73 bits per heavy atom. The first kappa shape index (κ1) is 9.97. The molecule has 11 heavy (non-hydrogen) atoms. The van der Waals surface area contributed by atoms with Gasteiger partial charge in [-0.15, -0.1) is 0 Å². The zero-order valence-electron chi connectivity index (χ0n) is 6.54. The fourth-order valence-electron chi connectivity index (χ4n) is 0.647. The van der Waals surface area contributed by atoms with Crippen LogP contribution in [0.1, 0.15) is 12.8 Å². The van der Waals surface area contributed by atoms with E-state index in [0.717, 1.165) is 12.5 Å². The molecular formula is C7H13NO3. The van der Waals surface area contributed by atoms with Gasteiger partial charge in [-0.05, 0) is 13.0 Å². The van der Waals surface area contributed by atoms with Crippen LogP contribution >= 0.6 is 0 Å². The molecule has 0 aliphatic heterocycles. The number of ether oxygens (including phenoxy) is 1. The van der Waals surface area contributed by atoms with Crippen LogP contribution in [0.25, 0.3) is 0 Å². The number of aliphatic carboxylic acids is 1. The fourth-order valence-corrected chi connectivity index (χ4v) is 0.647. The van der Waals surface area contributed by atoms with Gasteiger partial charge in [-0.3, -0.25) is 0 Å². The van der Waals surface area contributed by atoms with Crippen LogP contribution in [-0.2, 0) is 9.53 Å². The number of rotatable bonds is 5. The highest BCUT2D eigenvalue weighted by molar-refractivity contribution is 5.80. The average Bonchev–Trinajstić information content (AvgIpc) is 1.97. The smallest absolute Gasteiger partial charge is 0.331 e. The van der Waals surface area contributed by atoms with E-state index in [1.807, 2.05) is 0 Å². The van der Waals surface area contributed by atoms with E-state index in [2.05, 4.69) is 0 Å².